The van der Waals surface area contributed by atoms with Gasteiger partial charge in [0.05, 0.1) is 6.54 Å². The molecule has 0 aromatic carbocycles. The highest BCUT2D eigenvalue weighted by Crippen LogP contribution is 2.20. The SMILES string of the molecule is Cc1ccsc1CNc1cc(Cl)nc(C(C)C)n1. The summed E-state index contributed by atoms with van der Waals surface area (Å²) in [5.41, 5.74) is 1.30. The molecule has 5 heteroatoms. The van der Waals surface area contributed by atoms with Crippen LogP contribution in [0.15, 0.2) is 17.5 Å². The highest BCUT2D eigenvalue weighted by molar-refractivity contribution is 7.10. The fourth-order valence-corrected chi connectivity index (χ4v) is 2.58. The van der Waals surface area contributed by atoms with Crippen molar-refractivity contribution < 1.29 is 0 Å². The van der Waals surface area contributed by atoms with E-state index in [2.05, 4.69) is 47.5 Å². The number of aromatic nitrogens is 2. The van der Waals surface area contributed by atoms with Gasteiger partial charge in [-0.2, -0.15) is 0 Å². The largest absolute Gasteiger partial charge is 0.365 e. The van der Waals surface area contributed by atoms with Crippen LogP contribution in [0, 0.1) is 6.92 Å². The van der Waals surface area contributed by atoms with Gasteiger partial charge < -0.3 is 5.32 Å². The van der Waals surface area contributed by atoms with Crippen molar-refractivity contribution in [2.75, 3.05) is 5.32 Å². The van der Waals surface area contributed by atoms with E-state index in [1.165, 1.54) is 10.4 Å². The molecule has 2 heterocycles. The molecule has 0 radical (unpaired) electrons. The van der Waals surface area contributed by atoms with Gasteiger partial charge in [-0.15, -0.1) is 11.3 Å². The predicted octanol–water partition coefficient (Wildman–Crippen LogP) is 4.24. The minimum atomic E-state index is 0.271. The molecule has 2 aromatic heterocycles. The molecule has 0 aliphatic heterocycles. The summed E-state index contributed by atoms with van der Waals surface area (Å²) in [6.07, 6.45) is 0. The van der Waals surface area contributed by atoms with E-state index in [0.717, 1.165) is 18.2 Å². The zero-order valence-corrected chi connectivity index (χ0v) is 12.3. The number of nitrogens with zero attached hydrogens (tertiary/aromatic N) is 2. The Morgan fingerprint density at radius 2 is 2.17 bits per heavy atom. The summed E-state index contributed by atoms with van der Waals surface area (Å²) < 4.78 is 0. The van der Waals surface area contributed by atoms with Crippen molar-refractivity contribution >= 4 is 28.8 Å². The van der Waals surface area contributed by atoms with E-state index in [9.17, 15) is 0 Å². The summed E-state index contributed by atoms with van der Waals surface area (Å²) in [5.74, 6) is 1.83. The first-order valence-corrected chi connectivity index (χ1v) is 7.13. The standard InChI is InChI=1S/C13H16ClN3S/c1-8(2)13-16-11(14)6-12(17-13)15-7-10-9(3)4-5-18-10/h4-6,8H,7H2,1-3H3,(H,15,16,17). The second-order valence-corrected chi connectivity index (χ2v) is 5.86. The van der Waals surface area contributed by atoms with Crippen LogP contribution in [0.4, 0.5) is 5.82 Å². The van der Waals surface area contributed by atoms with Gasteiger partial charge in [-0.25, -0.2) is 9.97 Å². The average Bonchev–Trinajstić information content (AvgIpc) is 2.71. The molecule has 18 heavy (non-hydrogen) atoms. The fourth-order valence-electron chi connectivity index (χ4n) is 1.54. The summed E-state index contributed by atoms with van der Waals surface area (Å²) >= 11 is 7.74. The minimum absolute atomic E-state index is 0.271. The topological polar surface area (TPSA) is 37.8 Å². The molecule has 0 aliphatic carbocycles. The van der Waals surface area contributed by atoms with E-state index in [-0.39, 0.29) is 5.92 Å². The summed E-state index contributed by atoms with van der Waals surface area (Å²) in [5, 5.41) is 5.88. The zero-order chi connectivity index (χ0) is 13.1. The molecule has 2 aromatic rings. The summed E-state index contributed by atoms with van der Waals surface area (Å²) in [6.45, 7) is 6.99. The van der Waals surface area contributed by atoms with Crippen LogP contribution in [0.25, 0.3) is 0 Å². The maximum atomic E-state index is 6.00. The van der Waals surface area contributed by atoms with E-state index in [1.54, 1.807) is 17.4 Å². The third kappa shape index (κ3) is 3.21. The van der Waals surface area contributed by atoms with Crippen molar-refractivity contribution in [2.24, 2.45) is 0 Å². The van der Waals surface area contributed by atoms with Crippen molar-refractivity contribution in [1.29, 1.82) is 0 Å². The summed E-state index contributed by atoms with van der Waals surface area (Å²) in [6, 6.07) is 3.88. The van der Waals surface area contributed by atoms with E-state index < -0.39 is 0 Å². The van der Waals surface area contributed by atoms with Gasteiger partial charge >= 0.3 is 0 Å². The van der Waals surface area contributed by atoms with Crippen molar-refractivity contribution in [2.45, 2.75) is 33.2 Å². The van der Waals surface area contributed by atoms with Gasteiger partial charge in [-0.1, -0.05) is 25.4 Å². The number of aryl methyl sites for hydroxylation is 1. The molecule has 0 unspecified atom stereocenters. The van der Waals surface area contributed by atoms with Gasteiger partial charge in [0, 0.05) is 16.9 Å². The lowest BCUT2D eigenvalue weighted by Crippen LogP contribution is -2.05. The normalized spacial score (nSPS) is 10.9. The third-order valence-electron chi connectivity index (χ3n) is 2.63. The highest BCUT2D eigenvalue weighted by Gasteiger charge is 2.07. The Kier molecular flexibility index (Phi) is 4.19. The van der Waals surface area contributed by atoms with E-state index >= 15 is 0 Å². The Hall–Kier alpha value is -1.13. The van der Waals surface area contributed by atoms with Crippen LogP contribution in [0.3, 0.4) is 0 Å². The quantitative estimate of drug-likeness (QED) is 0.852. The van der Waals surface area contributed by atoms with Crippen LogP contribution in [0.1, 0.15) is 36.0 Å². The first-order chi connectivity index (χ1) is 8.56. The van der Waals surface area contributed by atoms with E-state index in [1.807, 2.05) is 0 Å². The van der Waals surface area contributed by atoms with Gasteiger partial charge in [0.2, 0.25) is 0 Å². The third-order valence-corrected chi connectivity index (χ3v) is 3.84. The average molecular weight is 282 g/mol. The van der Waals surface area contributed by atoms with Crippen molar-refractivity contribution in [3.8, 4) is 0 Å². The molecular formula is C13H16ClN3S. The summed E-state index contributed by atoms with van der Waals surface area (Å²) in [4.78, 5) is 9.99. The highest BCUT2D eigenvalue weighted by atomic mass is 35.5. The number of hydrogen-bond acceptors (Lipinski definition) is 4. The van der Waals surface area contributed by atoms with Gasteiger partial charge in [0.15, 0.2) is 0 Å². The molecule has 0 saturated heterocycles. The molecule has 0 spiro atoms. The maximum Gasteiger partial charge on any atom is 0.135 e. The molecular weight excluding hydrogens is 266 g/mol. The lowest BCUT2D eigenvalue weighted by molar-refractivity contribution is 0.774. The number of hydrogen-bond donors (Lipinski definition) is 1. The Morgan fingerprint density at radius 1 is 1.39 bits per heavy atom. The molecule has 0 atom stereocenters. The molecule has 0 bridgehead atoms. The Bertz CT molecular complexity index is 537. The smallest absolute Gasteiger partial charge is 0.135 e. The number of thiophene rings is 1. The van der Waals surface area contributed by atoms with Gasteiger partial charge in [-0.05, 0) is 23.9 Å². The predicted molar refractivity (Wildman–Crippen MR) is 77.5 cm³/mol. The number of halogens is 1. The summed E-state index contributed by atoms with van der Waals surface area (Å²) in [7, 11) is 0. The first-order valence-electron chi connectivity index (χ1n) is 5.87. The number of anilines is 1. The van der Waals surface area contributed by atoms with Crippen LogP contribution >= 0.6 is 22.9 Å². The molecule has 0 fully saturated rings. The van der Waals surface area contributed by atoms with Crippen LogP contribution in [-0.2, 0) is 6.54 Å². The van der Waals surface area contributed by atoms with Crippen LogP contribution in [0.5, 0.6) is 0 Å². The zero-order valence-electron chi connectivity index (χ0n) is 10.7. The molecule has 0 saturated carbocycles. The molecule has 1 N–H and O–H groups in total. The lowest BCUT2D eigenvalue weighted by Gasteiger charge is -2.09. The molecule has 96 valence electrons. The van der Waals surface area contributed by atoms with E-state index in [0.29, 0.717) is 5.15 Å². The second-order valence-electron chi connectivity index (χ2n) is 4.47. The molecule has 2 rings (SSSR count). The van der Waals surface area contributed by atoms with Gasteiger partial charge in [0.25, 0.3) is 0 Å². The molecule has 0 aliphatic rings. The Labute approximate surface area is 116 Å². The van der Waals surface area contributed by atoms with Crippen LogP contribution in [-0.4, -0.2) is 9.97 Å². The minimum Gasteiger partial charge on any atom is -0.365 e. The Balaban J connectivity index is 2.12. The monoisotopic (exact) mass is 281 g/mol. The van der Waals surface area contributed by atoms with Crippen molar-refractivity contribution in [3.05, 3.63) is 38.9 Å². The molecule has 0 amide bonds. The van der Waals surface area contributed by atoms with Crippen molar-refractivity contribution in [1.82, 2.24) is 9.97 Å². The van der Waals surface area contributed by atoms with Crippen molar-refractivity contribution in [3.63, 3.8) is 0 Å². The second kappa shape index (κ2) is 5.67. The van der Waals surface area contributed by atoms with Gasteiger partial charge in [-0.3, -0.25) is 0 Å². The molecule has 3 nitrogen and oxygen atoms in total. The number of nitrogens with one attached hydrogen (secondary N) is 1. The van der Waals surface area contributed by atoms with Crippen LogP contribution < -0.4 is 5.32 Å². The number of rotatable bonds is 4. The van der Waals surface area contributed by atoms with Gasteiger partial charge in [0.1, 0.15) is 16.8 Å². The lowest BCUT2D eigenvalue weighted by atomic mass is 10.2. The first kappa shape index (κ1) is 13.3. The Morgan fingerprint density at radius 3 is 2.78 bits per heavy atom. The fraction of sp³-hybridized carbons (Fsp3) is 0.385. The van der Waals surface area contributed by atoms with Crippen LogP contribution in [0.2, 0.25) is 5.15 Å². The van der Waals surface area contributed by atoms with E-state index in [4.69, 9.17) is 11.6 Å². The maximum absolute atomic E-state index is 6.00.